The lowest BCUT2D eigenvalue weighted by atomic mass is 10.1. The fraction of sp³-hybridized carbons (Fsp3) is 0.0526. The zero-order valence-electron chi connectivity index (χ0n) is 14.7. The second kappa shape index (κ2) is 6.79. The average molecular weight is 419 g/mol. The number of hydrogen-bond donors (Lipinski definition) is 0. The van der Waals surface area contributed by atoms with Gasteiger partial charge < -0.3 is 4.84 Å². The van der Waals surface area contributed by atoms with E-state index in [9.17, 15) is 31.9 Å². The van der Waals surface area contributed by atoms with Gasteiger partial charge >= 0.3 is 12.1 Å². The smallest absolute Gasteiger partial charge is 0.324 e. The Labute approximate surface area is 165 Å². The Kier molecular flexibility index (Phi) is 4.37. The Morgan fingerprint density at radius 2 is 1.50 bits per heavy atom. The number of hydroxylamine groups is 2. The molecule has 4 rings (SSSR count). The van der Waals surface area contributed by atoms with Crippen molar-refractivity contribution in [2.45, 2.75) is 6.18 Å². The van der Waals surface area contributed by atoms with Gasteiger partial charge in [0.25, 0.3) is 11.8 Å². The normalized spacial score (nSPS) is 13.5. The Morgan fingerprint density at radius 1 is 0.933 bits per heavy atom. The van der Waals surface area contributed by atoms with Crippen LogP contribution in [-0.4, -0.2) is 32.6 Å². The molecule has 0 bridgehead atoms. The molecule has 1 aromatic heterocycles. The van der Waals surface area contributed by atoms with E-state index in [1.807, 2.05) is 0 Å². The number of carbonyl (C=O) groups excluding carboxylic acids is 3. The Morgan fingerprint density at radius 3 is 2.07 bits per heavy atom. The minimum Gasteiger partial charge on any atom is -0.324 e. The van der Waals surface area contributed by atoms with Crippen molar-refractivity contribution in [3.8, 4) is 5.69 Å². The third kappa shape index (κ3) is 3.00. The molecule has 0 saturated carbocycles. The first-order chi connectivity index (χ1) is 14.2. The quantitative estimate of drug-likeness (QED) is 0.480. The molecule has 30 heavy (non-hydrogen) atoms. The van der Waals surface area contributed by atoms with E-state index in [4.69, 9.17) is 0 Å². The maximum atomic E-state index is 14.0. The summed E-state index contributed by atoms with van der Waals surface area (Å²) in [7, 11) is 0. The summed E-state index contributed by atoms with van der Waals surface area (Å²) in [5, 5.41) is 3.53. The third-order valence-electron chi connectivity index (χ3n) is 4.27. The summed E-state index contributed by atoms with van der Waals surface area (Å²) >= 11 is 0. The number of amides is 2. The molecule has 0 unspecified atom stereocenters. The molecule has 0 aliphatic carbocycles. The van der Waals surface area contributed by atoms with Crippen molar-refractivity contribution < 1.29 is 36.8 Å². The molecule has 2 aromatic carbocycles. The van der Waals surface area contributed by atoms with Gasteiger partial charge in [0.05, 0.1) is 17.3 Å². The van der Waals surface area contributed by atoms with Crippen molar-refractivity contribution in [2.24, 2.45) is 0 Å². The summed E-state index contributed by atoms with van der Waals surface area (Å²) in [6.07, 6.45) is -4.61. The number of alkyl halides is 3. The van der Waals surface area contributed by atoms with Crippen LogP contribution in [0.4, 0.5) is 17.6 Å². The molecule has 0 N–H and O–H groups in total. The van der Waals surface area contributed by atoms with Gasteiger partial charge in [-0.05, 0) is 24.3 Å². The van der Waals surface area contributed by atoms with Gasteiger partial charge in [0.1, 0.15) is 17.1 Å². The summed E-state index contributed by atoms with van der Waals surface area (Å²) in [5.41, 5.74) is -3.39. The summed E-state index contributed by atoms with van der Waals surface area (Å²) in [6.45, 7) is 0. The standard InChI is InChI=1S/C19H9F4N3O4/c20-13-7-3-4-8-14(13)25-15(19(21,22)23)12(9-24-25)18(29)30-26-16(27)10-5-1-2-6-11(10)17(26)28/h1-9H. The largest absolute Gasteiger partial charge is 0.434 e. The van der Waals surface area contributed by atoms with Crippen molar-refractivity contribution in [3.05, 3.63) is 82.9 Å². The molecule has 7 nitrogen and oxygen atoms in total. The summed E-state index contributed by atoms with van der Waals surface area (Å²) in [4.78, 5) is 41.6. The van der Waals surface area contributed by atoms with Gasteiger partial charge in [-0.1, -0.05) is 29.3 Å². The molecule has 152 valence electrons. The maximum absolute atomic E-state index is 14.0. The van der Waals surface area contributed by atoms with Crippen LogP contribution in [0.15, 0.2) is 54.7 Å². The molecule has 0 atom stereocenters. The predicted octanol–water partition coefficient (Wildman–Crippen LogP) is 3.40. The number of aromatic nitrogens is 2. The van der Waals surface area contributed by atoms with Crippen LogP contribution in [0, 0.1) is 5.82 Å². The zero-order valence-corrected chi connectivity index (χ0v) is 14.7. The van der Waals surface area contributed by atoms with Crippen LogP contribution in [0.5, 0.6) is 0 Å². The Balaban J connectivity index is 1.72. The summed E-state index contributed by atoms with van der Waals surface area (Å²) < 4.78 is 55.2. The average Bonchev–Trinajstić information content (AvgIpc) is 3.25. The van der Waals surface area contributed by atoms with Crippen molar-refractivity contribution in [1.29, 1.82) is 0 Å². The SMILES string of the molecule is O=C(ON1C(=O)c2ccccc2C1=O)c1cnn(-c2ccccc2F)c1C(F)(F)F. The minimum absolute atomic E-state index is 0.0617. The van der Waals surface area contributed by atoms with E-state index in [0.29, 0.717) is 6.20 Å². The molecule has 0 spiro atoms. The fourth-order valence-corrected chi connectivity index (χ4v) is 2.96. The number of carbonyl (C=O) groups is 3. The number of hydrogen-bond acceptors (Lipinski definition) is 5. The van der Waals surface area contributed by atoms with E-state index in [2.05, 4.69) is 9.94 Å². The van der Waals surface area contributed by atoms with E-state index in [1.54, 1.807) is 0 Å². The molecule has 0 saturated heterocycles. The molecular formula is C19H9F4N3O4. The van der Waals surface area contributed by atoms with Gasteiger partial charge in [0, 0.05) is 0 Å². The van der Waals surface area contributed by atoms with Crippen molar-refractivity contribution >= 4 is 17.8 Å². The Bertz CT molecular complexity index is 1170. The van der Waals surface area contributed by atoms with Crippen LogP contribution in [0.2, 0.25) is 0 Å². The molecular weight excluding hydrogens is 410 g/mol. The fourth-order valence-electron chi connectivity index (χ4n) is 2.96. The number of benzene rings is 2. The highest BCUT2D eigenvalue weighted by Crippen LogP contribution is 2.35. The molecule has 1 aliphatic rings. The molecule has 3 aromatic rings. The lowest BCUT2D eigenvalue weighted by Gasteiger charge is -2.15. The first-order valence-corrected chi connectivity index (χ1v) is 8.30. The van der Waals surface area contributed by atoms with Crippen molar-refractivity contribution in [3.63, 3.8) is 0 Å². The molecule has 0 fully saturated rings. The summed E-state index contributed by atoms with van der Waals surface area (Å²) in [6, 6.07) is 10.1. The number of para-hydroxylation sites is 1. The van der Waals surface area contributed by atoms with E-state index < -0.39 is 46.7 Å². The van der Waals surface area contributed by atoms with Crippen LogP contribution < -0.4 is 0 Å². The van der Waals surface area contributed by atoms with Crippen LogP contribution in [0.1, 0.15) is 36.8 Å². The number of fused-ring (bicyclic) bond motifs is 1. The molecule has 0 radical (unpaired) electrons. The van der Waals surface area contributed by atoms with Gasteiger partial charge in [-0.2, -0.15) is 18.3 Å². The molecule has 2 amide bonds. The van der Waals surface area contributed by atoms with Gasteiger partial charge in [-0.3, -0.25) is 9.59 Å². The monoisotopic (exact) mass is 419 g/mol. The van der Waals surface area contributed by atoms with E-state index in [1.165, 1.54) is 36.4 Å². The molecule has 2 heterocycles. The lowest BCUT2D eigenvalue weighted by molar-refractivity contribution is -0.143. The number of nitrogens with zero attached hydrogens (tertiary/aromatic N) is 3. The predicted molar refractivity (Wildman–Crippen MR) is 90.9 cm³/mol. The lowest BCUT2D eigenvalue weighted by Crippen LogP contribution is -2.33. The van der Waals surface area contributed by atoms with E-state index in [-0.39, 0.29) is 20.9 Å². The maximum Gasteiger partial charge on any atom is 0.434 e. The topological polar surface area (TPSA) is 81.5 Å². The first-order valence-electron chi connectivity index (χ1n) is 8.30. The highest BCUT2D eigenvalue weighted by Gasteiger charge is 2.44. The van der Waals surface area contributed by atoms with Crippen molar-refractivity contribution in [2.75, 3.05) is 0 Å². The highest BCUT2D eigenvalue weighted by atomic mass is 19.4. The van der Waals surface area contributed by atoms with Crippen LogP contribution >= 0.6 is 0 Å². The van der Waals surface area contributed by atoms with E-state index >= 15 is 0 Å². The van der Waals surface area contributed by atoms with Gasteiger partial charge in [0.2, 0.25) is 0 Å². The number of halogens is 4. The zero-order chi connectivity index (χ0) is 21.6. The van der Waals surface area contributed by atoms with Crippen LogP contribution in [0.25, 0.3) is 5.69 Å². The first kappa shape index (κ1) is 19.3. The van der Waals surface area contributed by atoms with Crippen LogP contribution in [-0.2, 0) is 11.0 Å². The highest BCUT2D eigenvalue weighted by molar-refractivity contribution is 6.21. The molecule has 1 aliphatic heterocycles. The minimum atomic E-state index is -5.13. The van der Waals surface area contributed by atoms with Crippen molar-refractivity contribution in [1.82, 2.24) is 14.8 Å². The third-order valence-corrected chi connectivity index (χ3v) is 4.27. The second-order valence-corrected chi connectivity index (χ2v) is 6.10. The van der Waals surface area contributed by atoms with Gasteiger partial charge in [-0.25, -0.2) is 13.9 Å². The van der Waals surface area contributed by atoms with Gasteiger partial charge in [-0.15, -0.1) is 0 Å². The molecule has 11 heteroatoms. The van der Waals surface area contributed by atoms with E-state index in [0.717, 1.165) is 12.1 Å². The van der Waals surface area contributed by atoms with Gasteiger partial charge in [0.15, 0.2) is 5.69 Å². The second-order valence-electron chi connectivity index (χ2n) is 6.10. The number of imide groups is 1. The summed E-state index contributed by atoms with van der Waals surface area (Å²) in [5.74, 6) is -4.66. The number of rotatable bonds is 3. The van der Waals surface area contributed by atoms with Crippen LogP contribution in [0.3, 0.4) is 0 Å². The Hall–Kier alpha value is -4.02.